The normalized spacial score (nSPS) is 13.0. The summed E-state index contributed by atoms with van der Waals surface area (Å²) in [6.07, 6.45) is 3.31. The van der Waals surface area contributed by atoms with Crippen molar-refractivity contribution in [3.05, 3.63) is 40.7 Å². The maximum absolute atomic E-state index is 6.23. The second-order valence-electron chi connectivity index (χ2n) is 4.42. The number of halogens is 1. The van der Waals surface area contributed by atoms with Gasteiger partial charge >= 0.3 is 0 Å². The van der Waals surface area contributed by atoms with E-state index in [0.717, 1.165) is 11.4 Å². The topological polar surface area (TPSA) is 69.6 Å². The SMILES string of the molecule is Cc1nccc(C(N)c2c(Cl)cnn2C(C)C)n1. The quantitative estimate of drug-likeness (QED) is 0.924. The van der Waals surface area contributed by atoms with Gasteiger partial charge in [0.25, 0.3) is 0 Å². The van der Waals surface area contributed by atoms with Crippen LogP contribution in [-0.4, -0.2) is 19.7 Å². The van der Waals surface area contributed by atoms with Crippen LogP contribution in [0.3, 0.4) is 0 Å². The van der Waals surface area contributed by atoms with E-state index in [1.807, 2.05) is 25.5 Å². The highest BCUT2D eigenvalue weighted by Gasteiger charge is 2.21. The molecule has 0 fully saturated rings. The molecule has 1 unspecified atom stereocenters. The number of aryl methyl sites for hydroxylation is 1. The van der Waals surface area contributed by atoms with Crippen LogP contribution < -0.4 is 5.73 Å². The Hall–Kier alpha value is -1.46. The Kier molecular flexibility index (Phi) is 3.63. The molecule has 96 valence electrons. The third-order valence-electron chi connectivity index (χ3n) is 2.69. The highest BCUT2D eigenvalue weighted by Crippen LogP contribution is 2.27. The lowest BCUT2D eigenvalue weighted by molar-refractivity contribution is 0.497. The zero-order valence-corrected chi connectivity index (χ0v) is 11.4. The molecule has 0 saturated heterocycles. The van der Waals surface area contributed by atoms with E-state index in [2.05, 4.69) is 15.1 Å². The van der Waals surface area contributed by atoms with Crippen LogP contribution in [0.15, 0.2) is 18.5 Å². The molecule has 0 aromatic carbocycles. The zero-order valence-electron chi connectivity index (χ0n) is 10.6. The van der Waals surface area contributed by atoms with E-state index >= 15 is 0 Å². The maximum Gasteiger partial charge on any atom is 0.125 e. The first-order valence-electron chi connectivity index (χ1n) is 5.78. The molecule has 1 atom stereocenters. The Morgan fingerprint density at radius 2 is 2.11 bits per heavy atom. The number of rotatable bonds is 3. The van der Waals surface area contributed by atoms with Gasteiger partial charge < -0.3 is 5.73 Å². The predicted octanol–water partition coefficient (Wildman–Crippen LogP) is 2.26. The molecular weight excluding hydrogens is 250 g/mol. The van der Waals surface area contributed by atoms with Crippen LogP contribution in [0.2, 0.25) is 5.02 Å². The Morgan fingerprint density at radius 3 is 2.72 bits per heavy atom. The monoisotopic (exact) mass is 265 g/mol. The van der Waals surface area contributed by atoms with Crippen LogP contribution in [0.25, 0.3) is 0 Å². The number of hydrogen-bond donors (Lipinski definition) is 1. The van der Waals surface area contributed by atoms with E-state index in [-0.39, 0.29) is 6.04 Å². The smallest absolute Gasteiger partial charge is 0.125 e. The molecular formula is C12H16ClN5. The van der Waals surface area contributed by atoms with Gasteiger partial charge in [-0.3, -0.25) is 4.68 Å². The first-order valence-corrected chi connectivity index (χ1v) is 6.16. The molecule has 18 heavy (non-hydrogen) atoms. The van der Waals surface area contributed by atoms with Crippen molar-refractivity contribution >= 4 is 11.6 Å². The first kappa shape index (κ1) is 13.0. The van der Waals surface area contributed by atoms with Gasteiger partial charge in [-0.05, 0) is 26.8 Å². The van der Waals surface area contributed by atoms with E-state index in [4.69, 9.17) is 17.3 Å². The van der Waals surface area contributed by atoms with Gasteiger partial charge in [-0.25, -0.2) is 9.97 Å². The summed E-state index contributed by atoms with van der Waals surface area (Å²) < 4.78 is 1.82. The molecule has 0 bridgehead atoms. The van der Waals surface area contributed by atoms with Gasteiger partial charge in [-0.1, -0.05) is 11.6 Å². The highest BCUT2D eigenvalue weighted by molar-refractivity contribution is 6.31. The molecule has 0 saturated carbocycles. The second-order valence-corrected chi connectivity index (χ2v) is 4.83. The molecule has 2 aromatic heterocycles. The molecule has 0 aliphatic rings. The molecule has 0 radical (unpaired) electrons. The average molecular weight is 266 g/mol. The predicted molar refractivity (Wildman–Crippen MR) is 70.4 cm³/mol. The van der Waals surface area contributed by atoms with Crippen LogP contribution in [0.4, 0.5) is 0 Å². The molecule has 2 rings (SSSR count). The number of hydrogen-bond acceptors (Lipinski definition) is 4. The number of aromatic nitrogens is 4. The Morgan fingerprint density at radius 1 is 1.39 bits per heavy atom. The minimum absolute atomic E-state index is 0.196. The van der Waals surface area contributed by atoms with Crippen LogP contribution in [0.1, 0.15) is 43.1 Å². The number of nitrogens with two attached hydrogens (primary N) is 1. The van der Waals surface area contributed by atoms with E-state index in [9.17, 15) is 0 Å². The fourth-order valence-corrected chi connectivity index (χ4v) is 2.09. The van der Waals surface area contributed by atoms with E-state index in [1.54, 1.807) is 18.5 Å². The standard InChI is InChI=1S/C12H16ClN5/c1-7(2)18-12(9(13)6-16-18)11(14)10-4-5-15-8(3)17-10/h4-7,11H,14H2,1-3H3. The highest BCUT2D eigenvalue weighted by atomic mass is 35.5. The average Bonchev–Trinajstić information content (AvgIpc) is 2.70. The van der Waals surface area contributed by atoms with Crippen molar-refractivity contribution in [3.8, 4) is 0 Å². The molecule has 6 heteroatoms. The van der Waals surface area contributed by atoms with Crippen LogP contribution in [0, 0.1) is 6.92 Å². The van der Waals surface area contributed by atoms with Gasteiger partial charge in [0.1, 0.15) is 5.82 Å². The lowest BCUT2D eigenvalue weighted by Gasteiger charge is -2.17. The summed E-state index contributed by atoms with van der Waals surface area (Å²) in [5.41, 5.74) is 7.76. The minimum atomic E-state index is -0.399. The van der Waals surface area contributed by atoms with Crippen LogP contribution in [-0.2, 0) is 0 Å². The van der Waals surface area contributed by atoms with Crippen molar-refractivity contribution in [2.45, 2.75) is 32.9 Å². The molecule has 0 aliphatic heterocycles. The van der Waals surface area contributed by atoms with Crippen molar-refractivity contribution in [1.29, 1.82) is 0 Å². The van der Waals surface area contributed by atoms with Crippen molar-refractivity contribution in [2.75, 3.05) is 0 Å². The Bertz CT molecular complexity index is 549. The Balaban J connectivity index is 2.45. The first-order chi connectivity index (χ1) is 8.50. The summed E-state index contributed by atoms with van der Waals surface area (Å²) in [6, 6.07) is 1.59. The number of nitrogens with zero attached hydrogens (tertiary/aromatic N) is 4. The largest absolute Gasteiger partial charge is 0.318 e. The van der Waals surface area contributed by atoms with Crippen LogP contribution in [0.5, 0.6) is 0 Å². The van der Waals surface area contributed by atoms with Crippen molar-refractivity contribution in [2.24, 2.45) is 5.73 Å². The van der Waals surface area contributed by atoms with E-state index in [1.165, 1.54) is 0 Å². The third kappa shape index (κ3) is 2.37. The molecule has 0 aliphatic carbocycles. The molecule has 5 nitrogen and oxygen atoms in total. The van der Waals surface area contributed by atoms with Gasteiger partial charge in [-0.2, -0.15) is 5.10 Å². The van der Waals surface area contributed by atoms with Gasteiger partial charge in [0.05, 0.1) is 28.6 Å². The fraction of sp³-hybridized carbons (Fsp3) is 0.417. The summed E-state index contributed by atoms with van der Waals surface area (Å²) >= 11 is 6.17. The van der Waals surface area contributed by atoms with Gasteiger partial charge in [0, 0.05) is 12.2 Å². The second kappa shape index (κ2) is 5.04. The van der Waals surface area contributed by atoms with Gasteiger partial charge in [0.2, 0.25) is 0 Å². The van der Waals surface area contributed by atoms with Crippen molar-refractivity contribution in [1.82, 2.24) is 19.7 Å². The minimum Gasteiger partial charge on any atom is -0.318 e. The fourth-order valence-electron chi connectivity index (χ4n) is 1.84. The van der Waals surface area contributed by atoms with E-state index < -0.39 is 6.04 Å². The summed E-state index contributed by atoms with van der Waals surface area (Å²) in [7, 11) is 0. The zero-order chi connectivity index (χ0) is 13.3. The van der Waals surface area contributed by atoms with Gasteiger partial charge in [0.15, 0.2) is 0 Å². The maximum atomic E-state index is 6.23. The summed E-state index contributed by atoms with van der Waals surface area (Å²) in [6.45, 7) is 5.90. The van der Waals surface area contributed by atoms with Crippen molar-refractivity contribution < 1.29 is 0 Å². The summed E-state index contributed by atoms with van der Waals surface area (Å²) in [5, 5.41) is 4.81. The van der Waals surface area contributed by atoms with Gasteiger partial charge in [-0.15, -0.1) is 0 Å². The molecule has 0 spiro atoms. The molecule has 2 heterocycles. The Labute approximate surface area is 111 Å². The lowest BCUT2D eigenvalue weighted by Crippen LogP contribution is -2.20. The summed E-state index contributed by atoms with van der Waals surface area (Å²) in [4.78, 5) is 8.40. The molecule has 2 aromatic rings. The molecule has 2 N–H and O–H groups in total. The van der Waals surface area contributed by atoms with E-state index in [0.29, 0.717) is 10.8 Å². The third-order valence-corrected chi connectivity index (χ3v) is 2.98. The molecule has 0 amide bonds. The lowest BCUT2D eigenvalue weighted by atomic mass is 10.1. The van der Waals surface area contributed by atoms with Crippen molar-refractivity contribution in [3.63, 3.8) is 0 Å². The van der Waals surface area contributed by atoms with Crippen LogP contribution >= 0.6 is 11.6 Å². The summed E-state index contributed by atoms with van der Waals surface area (Å²) in [5.74, 6) is 0.690.